The summed E-state index contributed by atoms with van der Waals surface area (Å²) in [7, 11) is 1.55. The third kappa shape index (κ3) is 5.11. The van der Waals surface area contributed by atoms with Crippen LogP contribution >= 0.6 is 0 Å². The molecule has 1 aromatic heterocycles. The van der Waals surface area contributed by atoms with Crippen LogP contribution in [0.3, 0.4) is 0 Å². The number of hydrogen-bond acceptors (Lipinski definition) is 5. The van der Waals surface area contributed by atoms with Crippen molar-refractivity contribution < 1.29 is 14.3 Å². The van der Waals surface area contributed by atoms with Crippen LogP contribution in [0.4, 0.5) is 11.4 Å². The zero-order chi connectivity index (χ0) is 21.7. The maximum atomic E-state index is 12.5. The molecule has 2 aromatic carbocycles. The fourth-order valence-electron chi connectivity index (χ4n) is 2.71. The quantitative estimate of drug-likeness (QED) is 0.655. The first-order valence-electron chi connectivity index (χ1n) is 9.26. The number of benzene rings is 2. The van der Waals surface area contributed by atoms with E-state index in [-0.39, 0.29) is 12.2 Å². The standard InChI is InChI=1S/C22H22N4O4/c1-14-4-5-17(12-15(14)2)24-22(29)19-10-11-21(28)26(25-19)13-20(27)23-16-6-8-18(30-3)9-7-16/h4-12H,13H2,1-3H3,(H,23,27)(H,24,29). The van der Waals surface area contributed by atoms with Gasteiger partial charge in [0.1, 0.15) is 18.0 Å². The van der Waals surface area contributed by atoms with E-state index >= 15 is 0 Å². The second kappa shape index (κ2) is 9.04. The van der Waals surface area contributed by atoms with Gasteiger partial charge in [0.15, 0.2) is 0 Å². The maximum absolute atomic E-state index is 12.5. The molecule has 0 atom stereocenters. The fraction of sp³-hybridized carbons (Fsp3) is 0.182. The van der Waals surface area contributed by atoms with Crippen molar-refractivity contribution in [3.05, 3.63) is 81.8 Å². The summed E-state index contributed by atoms with van der Waals surface area (Å²) >= 11 is 0. The van der Waals surface area contributed by atoms with Crippen molar-refractivity contribution in [2.75, 3.05) is 17.7 Å². The number of methoxy groups -OCH3 is 1. The SMILES string of the molecule is COc1ccc(NC(=O)Cn2nc(C(=O)Nc3ccc(C)c(C)c3)ccc2=O)cc1. The lowest BCUT2D eigenvalue weighted by Gasteiger charge is -2.10. The second-order valence-electron chi connectivity index (χ2n) is 6.74. The van der Waals surface area contributed by atoms with Gasteiger partial charge in [-0.05, 0) is 67.4 Å². The Morgan fingerprint density at radius 1 is 0.933 bits per heavy atom. The van der Waals surface area contributed by atoms with Crippen LogP contribution in [0, 0.1) is 13.8 Å². The van der Waals surface area contributed by atoms with Crippen molar-refractivity contribution >= 4 is 23.2 Å². The van der Waals surface area contributed by atoms with Crippen molar-refractivity contribution in [1.82, 2.24) is 9.78 Å². The molecule has 0 aliphatic heterocycles. The van der Waals surface area contributed by atoms with Gasteiger partial charge in [0.05, 0.1) is 7.11 Å². The number of aromatic nitrogens is 2. The molecule has 2 amide bonds. The highest BCUT2D eigenvalue weighted by Gasteiger charge is 2.13. The van der Waals surface area contributed by atoms with Gasteiger partial charge >= 0.3 is 0 Å². The molecule has 0 spiro atoms. The number of rotatable bonds is 6. The largest absolute Gasteiger partial charge is 0.497 e. The van der Waals surface area contributed by atoms with Crippen LogP contribution in [-0.2, 0) is 11.3 Å². The van der Waals surface area contributed by atoms with Crippen LogP contribution in [-0.4, -0.2) is 28.7 Å². The summed E-state index contributed by atoms with van der Waals surface area (Å²) in [4.78, 5) is 36.9. The lowest BCUT2D eigenvalue weighted by Crippen LogP contribution is -2.31. The molecule has 0 aliphatic carbocycles. The molecular weight excluding hydrogens is 384 g/mol. The Labute approximate surface area is 173 Å². The number of carbonyl (C=O) groups is 2. The van der Waals surface area contributed by atoms with Gasteiger partial charge in [-0.3, -0.25) is 14.4 Å². The van der Waals surface area contributed by atoms with Gasteiger partial charge in [-0.1, -0.05) is 6.07 Å². The predicted octanol–water partition coefficient (Wildman–Crippen LogP) is 2.76. The molecule has 1 heterocycles. The first-order chi connectivity index (χ1) is 14.4. The first kappa shape index (κ1) is 20.8. The van der Waals surface area contributed by atoms with Gasteiger partial charge in [0, 0.05) is 17.4 Å². The molecule has 3 rings (SSSR count). The molecular formula is C22H22N4O4. The summed E-state index contributed by atoms with van der Waals surface area (Å²) in [6.07, 6.45) is 0. The third-order valence-electron chi connectivity index (χ3n) is 4.53. The summed E-state index contributed by atoms with van der Waals surface area (Å²) in [5, 5.41) is 9.45. The summed E-state index contributed by atoms with van der Waals surface area (Å²) in [6.45, 7) is 3.61. The minimum absolute atomic E-state index is 0.0325. The molecule has 0 aliphatic rings. The predicted molar refractivity (Wildman–Crippen MR) is 114 cm³/mol. The van der Waals surface area contributed by atoms with E-state index in [1.165, 1.54) is 12.1 Å². The van der Waals surface area contributed by atoms with Crippen molar-refractivity contribution in [3.8, 4) is 5.75 Å². The zero-order valence-electron chi connectivity index (χ0n) is 16.9. The maximum Gasteiger partial charge on any atom is 0.276 e. The van der Waals surface area contributed by atoms with E-state index in [0.717, 1.165) is 15.8 Å². The molecule has 30 heavy (non-hydrogen) atoms. The highest BCUT2D eigenvalue weighted by Crippen LogP contribution is 2.16. The number of carbonyl (C=O) groups excluding carboxylic acids is 2. The number of nitrogens with zero attached hydrogens (tertiary/aromatic N) is 2. The van der Waals surface area contributed by atoms with E-state index in [0.29, 0.717) is 17.1 Å². The van der Waals surface area contributed by atoms with Gasteiger partial charge in [0.2, 0.25) is 5.91 Å². The van der Waals surface area contributed by atoms with E-state index in [1.807, 2.05) is 26.0 Å². The molecule has 0 bridgehead atoms. The second-order valence-corrected chi connectivity index (χ2v) is 6.74. The Morgan fingerprint density at radius 3 is 2.30 bits per heavy atom. The van der Waals surface area contributed by atoms with Crippen molar-refractivity contribution in [2.45, 2.75) is 20.4 Å². The van der Waals surface area contributed by atoms with Crippen LogP contribution in [0.15, 0.2) is 59.4 Å². The Kier molecular flexibility index (Phi) is 6.26. The average molecular weight is 406 g/mol. The topological polar surface area (TPSA) is 102 Å². The number of ether oxygens (including phenoxy) is 1. The molecule has 8 heteroatoms. The average Bonchev–Trinajstić information content (AvgIpc) is 2.73. The minimum Gasteiger partial charge on any atom is -0.497 e. The first-order valence-corrected chi connectivity index (χ1v) is 9.26. The van der Waals surface area contributed by atoms with E-state index in [9.17, 15) is 14.4 Å². The Bertz CT molecular complexity index is 1140. The molecule has 0 unspecified atom stereocenters. The Balaban J connectivity index is 1.70. The molecule has 2 N–H and O–H groups in total. The molecule has 0 fully saturated rings. The summed E-state index contributed by atoms with van der Waals surface area (Å²) in [6, 6.07) is 14.9. The number of hydrogen-bond donors (Lipinski definition) is 2. The Morgan fingerprint density at radius 2 is 1.63 bits per heavy atom. The molecule has 154 valence electrons. The van der Waals surface area contributed by atoms with Gasteiger partial charge < -0.3 is 15.4 Å². The van der Waals surface area contributed by atoms with Gasteiger partial charge in [0.25, 0.3) is 11.5 Å². The van der Waals surface area contributed by atoms with Gasteiger partial charge in [-0.25, -0.2) is 4.68 Å². The third-order valence-corrected chi connectivity index (χ3v) is 4.53. The molecule has 3 aromatic rings. The van der Waals surface area contributed by atoms with Gasteiger partial charge in [-0.2, -0.15) is 5.10 Å². The number of aryl methyl sites for hydroxylation is 2. The van der Waals surface area contributed by atoms with Crippen LogP contribution < -0.4 is 20.9 Å². The van der Waals surface area contributed by atoms with Crippen LogP contribution in [0.25, 0.3) is 0 Å². The van der Waals surface area contributed by atoms with Crippen LogP contribution in [0.2, 0.25) is 0 Å². The van der Waals surface area contributed by atoms with Crippen molar-refractivity contribution in [1.29, 1.82) is 0 Å². The molecule has 0 saturated carbocycles. The zero-order valence-corrected chi connectivity index (χ0v) is 16.9. The summed E-state index contributed by atoms with van der Waals surface area (Å²) < 4.78 is 6.02. The lowest BCUT2D eigenvalue weighted by atomic mass is 10.1. The number of nitrogens with one attached hydrogen (secondary N) is 2. The van der Waals surface area contributed by atoms with Crippen molar-refractivity contribution in [3.63, 3.8) is 0 Å². The smallest absolute Gasteiger partial charge is 0.276 e. The van der Waals surface area contributed by atoms with E-state index in [4.69, 9.17) is 4.74 Å². The van der Waals surface area contributed by atoms with E-state index in [2.05, 4.69) is 15.7 Å². The summed E-state index contributed by atoms with van der Waals surface area (Å²) in [5.74, 6) is -0.252. The van der Waals surface area contributed by atoms with Crippen LogP contribution in [0.5, 0.6) is 5.75 Å². The fourth-order valence-corrected chi connectivity index (χ4v) is 2.71. The van der Waals surface area contributed by atoms with E-state index in [1.54, 1.807) is 37.4 Å². The monoisotopic (exact) mass is 406 g/mol. The molecule has 8 nitrogen and oxygen atoms in total. The highest BCUT2D eigenvalue weighted by atomic mass is 16.5. The normalized spacial score (nSPS) is 10.4. The van der Waals surface area contributed by atoms with Crippen LogP contribution in [0.1, 0.15) is 21.6 Å². The highest BCUT2D eigenvalue weighted by molar-refractivity contribution is 6.02. The Hall–Kier alpha value is -3.94. The summed E-state index contributed by atoms with van der Waals surface area (Å²) in [5.41, 5.74) is 2.88. The lowest BCUT2D eigenvalue weighted by molar-refractivity contribution is -0.117. The number of amides is 2. The number of anilines is 2. The molecule has 0 saturated heterocycles. The van der Waals surface area contributed by atoms with Gasteiger partial charge in [-0.15, -0.1) is 0 Å². The van der Waals surface area contributed by atoms with E-state index < -0.39 is 17.4 Å². The minimum atomic E-state index is -0.484. The van der Waals surface area contributed by atoms with Crippen molar-refractivity contribution in [2.24, 2.45) is 0 Å². The molecule has 0 radical (unpaired) electrons.